The molecule has 0 fully saturated rings. The van der Waals surface area contributed by atoms with Crippen molar-refractivity contribution < 1.29 is 31.7 Å². The maximum Gasteiger partial charge on any atom is 0.136 e. The van der Waals surface area contributed by atoms with Crippen LogP contribution in [-0.2, 0) is 20.1 Å². The predicted molar refractivity (Wildman–Crippen MR) is 267 cm³/mol. The van der Waals surface area contributed by atoms with Gasteiger partial charge in [0.1, 0.15) is 16.7 Å². The quantitative estimate of drug-likeness (QED) is 0.149. The predicted octanol–water partition coefficient (Wildman–Crippen LogP) is 16.4. The van der Waals surface area contributed by atoms with Crippen molar-refractivity contribution in [1.29, 1.82) is 0 Å². The topological polar surface area (TPSA) is 57.0 Å². The first-order chi connectivity index (χ1) is 32.5. The minimum atomic E-state index is -1.06. The minimum Gasteiger partial charge on any atom is -0.501 e. The first-order valence-corrected chi connectivity index (χ1v) is 21.9. The molecule has 0 saturated carbocycles. The molecule has 1 radical (unpaired) electrons. The van der Waals surface area contributed by atoms with E-state index in [2.05, 4.69) is 94.5 Å². The molecule has 0 aliphatic rings. The zero-order valence-electron chi connectivity index (χ0n) is 38.9. The molecule has 323 valence electrons. The number of fused-ring (bicyclic) bond motifs is 7. The van der Waals surface area contributed by atoms with Crippen molar-refractivity contribution >= 4 is 54.9 Å². The van der Waals surface area contributed by atoms with E-state index < -0.39 is 11.8 Å². The number of benzene rings is 8. The maximum atomic E-state index is 9.62. The molecule has 0 amide bonds. The van der Waals surface area contributed by atoms with E-state index in [9.17, 15) is 2.74 Å². The van der Waals surface area contributed by atoms with Gasteiger partial charge in [0.15, 0.2) is 0 Å². The number of furan rings is 2. The Morgan fingerprint density at radius 2 is 1.18 bits per heavy atom. The van der Waals surface area contributed by atoms with Crippen LogP contribution in [0.25, 0.3) is 105 Å². The van der Waals surface area contributed by atoms with E-state index in [0.717, 1.165) is 99.7 Å². The molecule has 0 saturated heterocycles. The summed E-state index contributed by atoms with van der Waals surface area (Å²) in [6.07, 6.45) is 1.79. The van der Waals surface area contributed by atoms with Crippen molar-refractivity contribution in [3.8, 4) is 50.6 Å². The number of aromatic nitrogens is 3. The summed E-state index contributed by atoms with van der Waals surface area (Å²) in [4.78, 5) is 9.48. The van der Waals surface area contributed by atoms with Gasteiger partial charge in [-0.25, -0.2) is 0 Å². The Bertz CT molecular complexity index is 3700. The van der Waals surface area contributed by atoms with Gasteiger partial charge in [0.25, 0.3) is 0 Å². The normalized spacial score (nSPS) is 12.2. The molecule has 0 N–H and O–H groups in total. The second kappa shape index (κ2) is 17.9. The summed E-state index contributed by atoms with van der Waals surface area (Å²) in [6, 6.07) is 67.6. The van der Waals surface area contributed by atoms with Crippen LogP contribution in [0.2, 0.25) is 0 Å². The molecule has 0 unspecified atom stereocenters. The molecule has 4 aromatic heterocycles. The molecule has 6 heteroatoms. The van der Waals surface area contributed by atoms with Crippen molar-refractivity contribution in [3.05, 3.63) is 211 Å². The average Bonchev–Trinajstić information content (AvgIpc) is 4.05. The van der Waals surface area contributed by atoms with E-state index >= 15 is 0 Å². The third-order valence-corrected chi connectivity index (χ3v) is 12.1. The molecule has 0 spiro atoms. The summed E-state index contributed by atoms with van der Waals surface area (Å²) in [5.74, 6) is -1.47. The Labute approximate surface area is 400 Å². The summed E-state index contributed by atoms with van der Waals surface area (Å²) >= 11 is 0. The number of hydrogen-bond donors (Lipinski definition) is 0. The summed E-state index contributed by atoms with van der Waals surface area (Å²) in [6.45, 7) is 7.64. The third kappa shape index (κ3) is 7.72. The fourth-order valence-electron chi connectivity index (χ4n) is 8.92. The van der Waals surface area contributed by atoms with Gasteiger partial charge in [-0.15, -0.1) is 54.1 Å². The number of pyridine rings is 1. The standard InChI is InChI=1S/C49H37N2O2.C11H8N.Ir/c1-29(2)40-25-34(33-22-23-36-35-15-8-11-20-44(35)52-45(36)28-33)26-41(30(3)4)47(40)51-43-19-10-9-18-42(43)50-49(51)39-17-12-16-38-37-24-21-32(27-46(37)53-48(38)39)31-13-6-5-7-14-31;1-2-6-10(7-3-1)11-8-4-5-9-12-11;/h5-16,18-30H,1-4H3;1-6,8-9H;/q2*-1;/i29D,30D;;. The molecule has 66 heavy (non-hydrogen) atoms. The Morgan fingerprint density at radius 1 is 0.530 bits per heavy atom. The van der Waals surface area contributed by atoms with Crippen LogP contribution in [0.1, 0.15) is 53.4 Å². The average molecular weight is 1030 g/mol. The number of imidazole rings is 1. The van der Waals surface area contributed by atoms with Gasteiger partial charge in [0.2, 0.25) is 0 Å². The minimum absolute atomic E-state index is 0. The van der Waals surface area contributed by atoms with Gasteiger partial charge in [-0.2, -0.15) is 0 Å². The second-order valence-corrected chi connectivity index (χ2v) is 16.8. The zero-order valence-corrected chi connectivity index (χ0v) is 39.3. The van der Waals surface area contributed by atoms with E-state index in [4.69, 9.17) is 13.8 Å². The molecule has 5 nitrogen and oxygen atoms in total. The van der Waals surface area contributed by atoms with E-state index in [-0.39, 0.29) is 20.1 Å². The zero-order chi connectivity index (χ0) is 45.9. The van der Waals surface area contributed by atoms with Gasteiger partial charge in [-0.3, -0.25) is 4.98 Å². The van der Waals surface area contributed by atoms with Crippen LogP contribution < -0.4 is 0 Å². The van der Waals surface area contributed by atoms with E-state index in [1.165, 1.54) is 0 Å². The van der Waals surface area contributed by atoms with Crippen molar-refractivity contribution in [2.45, 2.75) is 39.5 Å². The molecule has 12 aromatic rings. The largest absolute Gasteiger partial charge is 0.501 e. The number of hydrogen-bond acceptors (Lipinski definition) is 4. The van der Waals surface area contributed by atoms with Gasteiger partial charge in [0, 0.05) is 50.9 Å². The Morgan fingerprint density at radius 3 is 1.91 bits per heavy atom. The first-order valence-electron chi connectivity index (χ1n) is 22.9. The van der Waals surface area contributed by atoms with Crippen LogP contribution in [0.15, 0.2) is 197 Å². The number of nitrogens with zero attached hydrogens (tertiary/aromatic N) is 3. The van der Waals surface area contributed by atoms with E-state index in [0.29, 0.717) is 17.0 Å². The van der Waals surface area contributed by atoms with Gasteiger partial charge < -0.3 is 18.4 Å². The monoisotopic (exact) mass is 1030 g/mol. The fraction of sp³-hybridized carbons (Fsp3) is 0.100. The van der Waals surface area contributed by atoms with Crippen LogP contribution in [0, 0.1) is 12.1 Å². The van der Waals surface area contributed by atoms with Crippen molar-refractivity contribution in [2.24, 2.45) is 0 Å². The summed E-state index contributed by atoms with van der Waals surface area (Å²) in [5.41, 5.74) is 13.9. The van der Waals surface area contributed by atoms with Crippen LogP contribution in [-0.4, -0.2) is 14.5 Å². The molecular formula is C60H45IrN3O2-2. The van der Waals surface area contributed by atoms with Crippen LogP contribution in [0.4, 0.5) is 0 Å². The van der Waals surface area contributed by atoms with Gasteiger partial charge in [0.05, 0.1) is 22.4 Å². The van der Waals surface area contributed by atoms with Gasteiger partial charge in [-0.05, 0) is 105 Å². The molecular weight excluding hydrogens is 987 g/mol. The second-order valence-electron chi connectivity index (χ2n) is 16.8. The molecule has 0 bridgehead atoms. The number of para-hydroxylation sites is 3. The molecule has 12 rings (SSSR count). The summed E-state index contributed by atoms with van der Waals surface area (Å²) < 4.78 is 34.4. The van der Waals surface area contributed by atoms with Crippen molar-refractivity contribution in [3.63, 3.8) is 0 Å². The van der Waals surface area contributed by atoms with Crippen molar-refractivity contribution in [1.82, 2.24) is 14.5 Å². The van der Waals surface area contributed by atoms with Crippen LogP contribution in [0.3, 0.4) is 0 Å². The van der Waals surface area contributed by atoms with Gasteiger partial charge in [-0.1, -0.05) is 130 Å². The van der Waals surface area contributed by atoms with E-state index in [1.807, 2.05) is 137 Å². The van der Waals surface area contributed by atoms with E-state index in [1.54, 1.807) is 6.20 Å². The van der Waals surface area contributed by atoms with Crippen LogP contribution >= 0.6 is 0 Å². The van der Waals surface area contributed by atoms with Crippen LogP contribution in [0.5, 0.6) is 0 Å². The number of rotatable bonds is 7. The summed E-state index contributed by atoms with van der Waals surface area (Å²) in [5, 5.41) is 4.12. The Kier molecular flexibility index (Phi) is 10.9. The molecule has 4 heterocycles. The molecule has 0 aliphatic carbocycles. The smallest absolute Gasteiger partial charge is 0.136 e. The van der Waals surface area contributed by atoms with Gasteiger partial charge >= 0.3 is 0 Å². The SMILES string of the molecule is [2H]C(C)(C)c1cc(-c2ccc3c(c2)oc2ccccc23)cc(C([2H])(C)C)c1-n1c(-c2[c-]ccc3c2oc2cc(-c4ccccc4)ccc23)nc2ccccc21.[Ir].[c-]1ccccc1-c1ccccn1. The fourth-order valence-corrected chi connectivity index (χ4v) is 8.92. The Balaban J connectivity index is 0.000000361. The summed E-state index contributed by atoms with van der Waals surface area (Å²) in [7, 11) is 0. The molecule has 8 aromatic carbocycles. The Hall–Kier alpha value is -7.37. The van der Waals surface area contributed by atoms with Crippen molar-refractivity contribution in [2.75, 3.05) is 0 Å². The third-order valence-electron chi connectivity index (χ3n) is 12.1. The first kappa shape index (κ1) is 40.2. The molecule has 0 atom stereocenters. The maximum absolute atomic E-state index is 9.62. The molecule has 0 aliphatic heterocycles.